The van der Waals surface area contributed by atoms with Gasteiger partial charge in [-0.15, -0.1) is 0 Å². The molecule has 1 saturated carbocycles. The van der Waals surface area contributed by atoms with Crippen LogP contribution in [0.1, 0.15) is 32.6 Å². The molecule has 0 aromatic carbocycles. The maximum atomic E-state index is 12.0. The van der Waals surface area contributed by atoms with Crippen molar-refractivity contribution in [1.29, 1.82) is 0 Å². The fraction of sp³-hybridized carbons (Fsp3) is 0.636. The van der Waals surface area contributed by atoms with E-state index in [0.717, 1.165) is 25.7 Å². The van der Waals surface area contributed by atoms with Crippen LogP contribution in [0.3, 0.4) is 0 Å². The molecular weight excluding hydrogens is 206 g/mol. The number of anilines is 1. The number of nitrogens with zero attached hydrogens (tertiary/aromatic N) is 1. The van der Waals surface area contributed by atoms with Crippen LogP contribution in [0.5, 0.6) is 0 Å². The minimum absolute atomic E-state index is 0.159. The molecule has 1 aliphatic carbocycles. The van der Waals surface area contributed by atoms with E-state index >= 15 is 0 Å². The molecule has 1 aliphatic rings. The van der Waals surface area contributed by atoms with E-state index in [9.17, 15) is 4.79 Å². The van der Waals surface area contributed by atoms with Gasteiger partial charge in [-0.25, -0.2) is 0 Å². The summed E-state index contributed by atoms with van der Waals surface area (Å²) in [5, 5.41) is 6.32. The van der Waals surface area contributed by atoms with Gasteiger partial charge in [-0.3, -0.25) is 4.79 Å². The zero-order chi connectivity index (χ0) is 11.6. The van der Waals surface area contributed by atoms with Crippen molar-refractivity contribution in [3.63, 3.8) is 0 Å². The average molecular weight is 223 g/mol. The molecule has 1 aromatic heterocycles. The van der Waals surface area contributed by atoms with Crippen molar-refractivity contribution in [2.75, 3.05) is 5.32 Å². The molecule has 2 rings (SSSR count). The smallest absolute Gasteiger partial charge is 0.245 e. The van der Waals surface area contributed by atoms with Crippen LogP contribution in [0, 0.1) is 5.92 Å². The minimum atomic E-state index is -0.753. The molecule has 0 saturated heterocycles. The van der Waals surface area contributed by atoms with Crippen molar-refractivity contribution < 1.29 is 9.32 Å². The zero-order valence-corrected chi connectivity index (χ0v) is 9.40. The average Bonchev–Trinajstić information content (AvgIpc) is 2.70. The summed E-state index contributed by atoms with van der Waals surface area (Å²) in [6.07, 6.45) is 5.04. The zero-order valence-electron chi connectivity index (χ0n) is 9.40. The van der Waals surface area contributed by atoms with Gasteiger partial charge in [-0.2, -0.15) is 0 Å². The summed E-state index contributed by atoms with van der Waals surface area (Å²) in [6.45, 7) is 2.13. The topological polar surface area (TPSA) is 81.2 Å². The fourth-order valence-electron chi connectivity index (χ4n) is 2.32. The van der Waals surface area contributed by atoms with E-state index in [1.807, 2.05) is 0 Å². The molecule has 88 valence electrons. The van der Waals surface area contributed by atoms with Crippen molar-refractivity contribution in [2.45, 2.75) is 38.1 Å². The Labute approximate surface area is 94.4 Å². The molecule has 0 aliphatic heterocycles. The quantitative estimate of drug-likeness (QED) is 0.796. The first kappa shape index (κ1) is 11.1. The highest BCUT2D eigenvalue weighted by molar-refractivity contribution is 5.97. The normalized spacial score (nSPS) is 30.0. The standard InChI is InChI=1S/C11H17N3O2/c1-8-3-2-5-11(12,7-8)10(15)13-9-4-6-16-14-9/h4,6,8H,2-3,5,7,12H2,1H3,(H,13,14,15). The summed E-state index contributed by atoms with van der Waals surface area (Å²) in [5.74, 6) is 0.766. The molecule has 5 nitrogen and oxygen atoms in total. The summed E-state index contributed by atoms with van der Waals surface area (Å²) < 4.78 is 4.65. The third-order valence-corrected chi connectivity index (χ3v) is 3.16. The SMILES string of the molecule is CC1CCCC(N)(C(=O)Nc2ccon2)C1. The van der Waals surface area contributed by atoms with Gasteiger partial charge in [0.1, 0.15) is 6.26 Å². The third-order valence-electron chi connectivity index (χ3n) is 3.16. The third kappa shape index (κ3) is 2.24. The molecule has 2 unspecified atom stereocenters. The number of hydrogen-bond donors (Lipinski definition) is 2. The van der Waals surface area contributed by atoms with Crippen LogP contribution in [-0.4, -0.2) is 16.6 Å². The summed E-state index contributed by atoms with van der Waals surface area (Å²) >= 11 is 0. The van der Waals surface area contributed by atoms with Gasteiger partial charge in [0.05, 0.1) is 5.54 Å². The lowest BCUT2D eigenvalue weighted by Crippen LogP contribution is -2.53. The van der Waals surface area contributed by atoms with Crippen molar-refractivity contribution in [2.24, 2.45) is 11.7 Å². The lowest BCUT2D eigenvalue weighted by molar-refractivity contribution is -0.122. The molecule has 3 N–H and O–H groups in total. The second-order valence-electron chi connectivity index (χ2n) is 4.70. The molecule has 0 bridgehead atoms. The predicted octanol–water partition coefficient (Wildman–Crippen LogP) is 1.52. The number of hydrogen-bond acceptors (Lipinski definition) is 4. The molecule has 16 heavy (non-hydrogen) atoms. The predicted molar refractivity (Wildman–Crippen MR) is 59.7 cm³/mol. The van der Waals surface area contributed by atoms with E-state index in [-0.39, 0.29) is 5.91 Å². The first-order valence-electron chi connectivity index (χ1n) is 5.61. The molecule has 5 heteroatoms. The highest BCUT2D eigenvalue weighted by Crippen LogP contribution is 2.31. The van der Waals surface area contributed by atoms with Crippen molar-refractivity contribution >= 4 is 11.7 Å². The van der Waals surface area contributed by atoms with Gasteiger partial charge in [0.2, 0.25) is 5.91 Å². The first-order chi connectivity index (χ1) is 7.60. The van der Waals surface area contributed by atoms with Crippen LogP contribution in [0.4, 0.5) is 5.82 Å². The van der Waals surface area contributed by atoms with E-state index in [0.29, 0.717) is 11.7 Å². The summed E-state index contributed by atoms with van der Waals surface area (Å²) in [7, 11) is 0. The van der Waals surface area contributed by atoms with E-state index in [4.69, 9.17) is 5.73 Å². The van der Waals surface area contributed by atoms with E-state index in [2.05, 4.69) is 21.9 Å². The van der Waals surface area contributed by atoms with Gasteiger partial charge < -0.3 is 15.6 Å². The largest absolute Gasteiger partial charge is 0.363 e. The Kier molecular flexibility index (Phi) is 2.96. The van der Waals surface area contributed by atoms with Gasteiger partial charge in [0.15, 0.2) is 5.82 Å². The van der Waals surface area contributed by atoms with Gasteiger partial charge in [-0.05, 0) is 18.8 Å². The minimum Gasteiger partial charge on any atom is -0.363 e. The molecule has 0 radical (unpaired) electrons. The van der Waals surface area contributed by atoms with Crippen molar-refractivity contribution in [1.82, 2.24) is 5.16 Å². The van der Waals surface area contributed by atoms with Crippen LogP contribution in [0.25, 0.3) is 0 Å². The summed E-state index contributed by atoms with van der Waals surface area (Å²) in [4.78, 5) is 12.0. The van der Waals surface area contributed by atoms with Gasteiger partial charge in [-0.1, -0.05) is 24.9 Å². The molecule has 1 heterocycles. The Balaban J connectivity index is 2.02. The Morgan fingerprint density at radius 1 is 1.75 bits per heavy atom. The van der Waals surface area contributed by atoms with Crippen LogP contribution in [0.15, 0.2) is 16.9 Å². The lowest BCUT2D eigenvalue weighted by atomic mass is 9.76. The van der Waals surface area contributed by atoms with Crippen molar-refractivity contribution in [3.8, 4) is 0 Å². The van der Waals surface area contributed by atoms with Gasteiger partial charge in [0, 0.05) is 6.07 Å². The number of rotatable bonds is 2. The molecule has 0 spiro atoms. The monoisotopic (exact) mass is 223 g/mol. The Morgan fingerprint density at radius 2 is 2.56 bits per heavy atom. The van der Waals surface area contributed by atoms with E-state index in [1.54, 1.807) is 6.07 Å². The Bertz CT molecular complexity index is 363. The Hall–Kier alpha value is -1.36. The van der Waals surface area contributed by atoms with Gasteiger partial charge in [0.25, 0.3) is 0 Å². The highest BCUT2D eigenvalue weighted by Gasteiger charge is 2.38. The highest BCUT2D eigenvalue weighted by atomic mass is 16.5. The van der Waals surface area contributed by atoms with Crippen LogP contribution in [-0.2, 0) is 4.79 Å². The van der Waals surface area contributed by atoms with Crippen molar-refractivity contribution in [3.05, 3.63) is 12.3 Å². The number of carbonyl (C=O) groups excluding carboxylic acids is 1. The number of nitrogens with one attached hydrogen (secondary N) is 1. The van der Waals surface area contributed by atoms with Crippen LogP contribution < -0.4 is 11.1 Å². The first-order valence-corrected chi connectivity index (χ1v) is 5.61. The molecular formula is C11H17N3O2. The molecule has 1 amide bonds. The molecule has 1 fully saturated rings. The maximum Gasteiger partial charge on any atom is 0.245 e. The number of carbonyl (C=O) groups is 1. The van der Waals surface area contributed by atoms with Crippen LogP contribution >= 0.6 is 0 Å². The second-order valence-corrected chi connectivity index (χ2v) is 4.70. The number of nitrogens with two attached hydrogens (primary N) is 1. The van der Waals surface area contributed by atoms with Crippen LogP contribution in [0.2, 0.25) is 0 Å². The fourth-order valence-corrected chi connectivity index (χ4v) is 2.32. The second kappa shape index (κ2) is 4.25. The number of amides is 1. The molecule has 1 aromatic rings. The number of aromatic nitrogens is 1. The van der Waals surface area contributed by atoms with E-state index < -0.39 is 5.54 Å². The molecule has 2 atom stereocenters. The van der Waals surface area contributed by atoms with E-state index in [1.165, 1.54) is 6.26 Å². The lowest BCUT2D eigenvalue weighted by Gasteiger charge is -2.34. The summed E-state index contributed by atoms with van der Waals surface area (Å²) in [6, 6.07) is 1.60. The van der Waals surface area contributed by atoms with Gasteiger partial charge >= 0.3 is 0 Å². The maximum absolute atomic E-state index is 12.0. The summed E-state index contributed by atoms with van der Waals surface area (Å²) in [5.41, 5.74) is 5.39. The Morgan fingerprint density at radius 3 is 3.19 bits per heavy atom.